The van der Waals surface area contributed by atoms with E-state index >= 15 is 0 Å². The first-order valence-corrected chi connectivity index (χ1v) is 8.93. The van der Waals surface area contributed by atoms with E-state index in [9.17, 15) is 9.59 Å². The number of pyridine rings is 1. The van der Waals surface area contributed by atoms with Crippen molar-refractivity contribution < 1.29 is 19.1 Å². The number of ether oxygens (including phenoxy) is 2. The molecular formula is C21H11Cl2NO4. The molecule has 1 aliphatic heterocycles. The van der Waals surface area contributed by atoms with Gasteiger partial charge in [0.2, 0.25) is 5.78 Å². The molecule has 1 aromatic heterocycles. The van der Waals surface area contributed by atoms with E-state index in [4.69, 9.17) is 32.7 Å². The molecule has 0 unspecified atom stereocenters. The molecule has 138 valence electrons. The summed E-state index contributed by atoms with van der Waals surface area (Å²) in [5, 5.41) is 0.803. The van der Waals surface area contributed by atoms with E-state index < -0.39 is 5.97 Å². The average molecular weight is 412 g/mol. The lowest BCUT2D eigenvalue weighted by Crippen LogP contribution is -2.08. The summed E-state index contributed by atoms with van der Waals surface area (Å²) in [7, 11) is 0. The van der Waals surface area contributed by atoms with Gasteiger partial charge in [0.15, 0.2) is 5.76 Å². The maximum Gasteiger partial charge on any atom is 0.345 e. The zero-order valence-electron chi connectivity index (χ0n) is 14.2. The fraction of sp³-hybridized carbons (Fsp3) is 0. The number of aromatic nitrogens is 1. The van der Waals surface area contributed by atoms with Gasteiger partial charge in [-0.3, -0.25) is 9.78 Å². The van der Waals surface area contributed by atoms with E-state index in [0.717, 1.165) is 0 Å². The van der Waals surface area contributed by atoms with Crippen LogP contribution in [0.3, 0.4) is 0 Å². The normalized spacial score (nSPS) is 13.9. The van der Waals surface area contributed by atoms with Gasteiger partial charge in [-0.1, -0.05) is 29.3 Å². The predicted molar refractivity (Wildman–Crippen MR) is 105 cm³/mol. The minimum atomic E-state index is -0.559. The van der Waals surface area contributed by atoms with Crippen molar-refractivity contribution in [2.24, 2.45) is 0 Å². The van der Waals surface area contributed by atoms with Gasteiger partial charge in [-0.05, 0) is 42.5 Å². The molecule has 3 aromatic rings. The summed E-state index contributed by atoms with van der Waals surface area (Å²) in [6.07, 6.45) is 4.46. The van der Waals surface area contributed by atoms with Crippen LogP contribution < -0.4 is 9.47 Å². The van der Waals surface area contributed by atoms with E-state index in [1.54, 1.807) is 42.6 Å². The number of nitrogens with zero attached hydrogens (tertiary/aromatic N) is 1. The van der Waals surface area contributed by atoms with Crippen LogP contribution in [0.15, 0.2) is 66.7 Å². The zero-order valence-corrected chi connectivity index (χ0v) is 15.7. The second-order valence-corrected chi connectivity index (χ2v) is 6.68. The number of carbonyl (C=O) groups excluding carboxylic acids is 2. The summed E-state index contributed by atoms with van der Waals surface area (Å²) < 4.78 is 11.0. The lowest BCUT2D eigenvalue weighted by atomic mass is 10.1. The highest BCUT2D eigenvalue weighted by molar-refractivity contribution is 6.37. The molecule has 4 rings (SSSR count). The first-order valence-electron chi connectivity index (χ1n) is 8.17. The summed E-state index contributed by atoms with van der Waals surface area (Å²) in [5.41, 5.74) is 1.16. The van der Waals surface area contributed by atoms with Gasteiger partial charge in [-0.15, -0.1) is 0 Å². The van der Waals surface area contributed by atoms with Crippen LogP contribution in [0.5, 0.6) is 11.5 Å². The minimum absolute atomic E-state index is 0.0840. The number of rotatable bonds is 3. The van der Waals surface area contributed by atoms with Gasteiger partial charge in [0.05, 0.1) is 11.1 Å². The molecule has 2 aromatic carbocycles. The highest BCUT2D eigenvalue weighted by atomic mass is 35.5. The van der Waals surface area contributed by atoms with Gasteiger partial charge in [0, 0.05) is 34.1 Å². The summed E-state index contributed by atoms with van der Waals surface area (Å²) >= 11 is 12.3. The van der Waals surface area contributed by atoms with Crippen LogP contribution in [0.4, 0.5) is 0 Å². The molecule has 0 spiro atoms. The standard InChI is InChI=1S/C21H11Cl2NO4/c22-16-4-1-5-17(23)15(16)10-19-20(25)14-7-6-13(9-18(14)28-19)27-21(26)12-3-2-8-24-11-12/h1-11H/b19-10-. The van der Waals surface area contributed by atoms with E-state index in [1.807, 2.05) is 0 Å². The molecule has 0 saturated carbocycles. The fourth-order valence-electron chi connectivity index (χ4n) is 2.66. The number of hydrogen-bond acceptors (Lipinski definition) is 5. The van der Waals surface area contributed by atoms with E-state index in [0.29, 0.717) is 26.7 Å². The zero-order chi connectivity index (χ0) is 19.7. The fourth-order valence-corrected chi connectivity index (χ4v) is 3.17. The van der Waals surface area contributed by atoms with Gasteiger partial charge in [0.25, 0.3) is 0 Å². The van der Waals surface area contributed by atoms with Crippen LogP contribution in [0.1, 0.15) is 26.3 Å². The number of benzene rings is 2. The summed E-state index contributed by atoms with van der Waals surface area (Å²) in [4.78, 5) is 28.6. The Morgan fingerprint density at radius 3 is 2.57 bits per heavy atom. The van der Waals surface area contributed by atoms with Crippen molar-refractivity contribution in [2.45, 2.75) is 0 Å². The Balaban J connectivity index is 1.60. The van der Waals surface area contributed by atoms with Crippen LogP contribution in [0.2, 0.25) is 10.0 Å². The van der Waals surface area contributed by atoms with Crippen molar-refractivity contribution in [1.82, 2.24) is 4.98 Å². The number of hydrogen-bond donors (Lipinski definition) is 0. The highest BCUT2D eigenvalue weighted by Gasteiger charge is 2.28. The largest absolute Gasteiger partial charge is 0.452 e. The van der Waals surface area contributed by atoms with Crippen LogP contribution in [0, 0.1) is 0 Å². The maximum absolute atomic E-state index is 12.6. The molecule has 28 heavy (non-hydrogen) atoms. The molecule has 0 atom stereocenters. The maximum atomic E-state index is 12.6. The van der Waals surface area contributed by atoms with Gasteiger partial charge in [-0.2, -0.15) is 0 Å². The van der Waals surface area contributed by atoms with Crippen molar-refractivity contribution in [1.29, 1.82) is 0 Å². The molecule has 0 fully saturated rings. The second kappa shape index (κ2) is 7.46. The van der Waals surface area contributed by atoms with Crippen LogP contribution in [0.25, 0.3) is 6.08 Å². The predicted octanol–water partition coefficient (Wildman–Crippen LogP) is 5.22. The van der Waals surface area contributed by atoms with Crippen molar-refractivity contribution in [3.05, 3.63) is 93.4 Å². The number of carbonyl (C=O) groups is 2. The topological polar surface area (TPSA) is 65.5 Å². The van der Waals surface area contributed by atoms with E-state index in [2.05, 4.69) is 4.98 Å². The molecule has 2 heterocycles. The molecule has 0 bridgehead atoms. The number of halogens is 2. The number of esters is 1. The van der Waals surface area contributed by atoms with Crippen LogP contribution >= 0.6 is 23.2 Å². The summed E-state index contributed by atoms with van der Waals surface area (Å²) in [6.45, 7) is 0. The Labute approximate surface area is 170 Å². The molecule has 1 aliphatic rings. The number of fused-ring (bicyclic) bond motifs is 1. The first kappa shape index (κ1) is 18.2. The number of Topliss-reactive ketones (excluding diaryl/α,β-unsaturated/α-hetero) is 1. The Kier molecular flexibility index (Phi) is 4.86. The molecule has 0 N–H and O–H groups in total. The lowest BCUT2D eigenvalue weighted by Gasteiger charge is -2.05. The summed E-state index contributed by atoms with van der Waals surface area (Å²) in [6, 6.07) is 12.8. The Morgan fingerprint density at radius 2 is 1.86 bits per heavy atom. The molecule has 0 saturated heterocycles. The SMILES string of the molecule is O=C(Oc1ccc2c(c1)O/C(=C\c1c(Cl)cccc1Cl)C2=O)c1cccnc1. The van der Waals surface area contributed by atoms with Crippen molar-refractivity contribution in [2.75, 3.05) is 0 Å². The third kappa shape index (κ3) is 3.50. The molecule has 0 amide bonds. The highest BCUT2D eigenvalue weighted by Crippen LogP contribution is 2.36. The Bertz CT molecular complexity index is 1110. The molecular weight excluding hydrogens is 401 g/mol. The molecule has 7 heteroatoms. The van der Waals surface area contributed by atoms with Crippen LogP contribution in [-0.4, -0.2) is 16.7 Å². The van der Waals surface area contributed by atoms with Crippen molar-refractivity contribution in [3.8, 4) is 11.5 Å². The minimum Gasteiger partial charge on any atom is -0.452 e. The molecule has 5 nitrogen and oxygen atoms in total. The quantitative estimate of drug-likeness (QED) is 0.335. The second-order valence-electron chi connectivity index (χ2n) is 5.86. The Morgan fingerprint density at radius 1 is 1.07 bits per heavy atom. The van der Waals surface area contributed by atoms with Crippen molar-refractivity contribution >= 4 is 41.0 Å². The third-order valence-corrected chi connectivity index (χ3v) is 4.68. The van der Waals surface area contributed by atoms with Gasteiger partial charge in [-0.25, -0.2) is 4.79 Å². The Hall–Kier alpha value is -3.15. The third-order valence-electron chi connectivity index (χ3n) is 4.02. The summed E-state index contributed by atoms with van der Waals surface area (Å²) in [5.74, 6) is -0.249. The van der Waals surface area contributed by atoms with Crippen molar-refractivity contribution in [3.63, 3.8) is 0 Å². The van der Waals surface area contributed by atoms with E-state index in [1.165, 1.54) is 24.4 Å². The lowest BCUT2D eigenvalue weighted by molar-refractivity contribution is 0.0734. The smallest absolute Gasteiger partial charge is 0.345 e. The first-order chi connectivity index (χ1) is 13.5. The number of allylic oxidation sites excluding steroid dienone is 1. The van der Waals surface area contributed by atoms with Gasteiger partial charge < -0.3 is 9.47 Å². The van der Waals surface area contributed by atoms with Crippen LogP contribution in [-0.2, 0) is 0 Å². The van der Waals surface area contributed by atoms with Gasteiger partial charge in [0.1, 0.15) is 11.5 Å². The van der Waals surface area contributed by atoms with E-state index in [-0.39, 0.29) is 23.0 Å². The monoisotopic (exact) mass is 411 g/mol. The number of ketones is 1. The van der Waals surface area contributed by atoms with Gasteiger partial charge >= 0.3 is 5.97 Å². The average Bonchev–Trinajstić information content (AvgIpc) is 3.00. The molecule has 0 aliphatic carbocycles. The molecule has 0 radical (unpaired) electrons.